The van der Waals surface area contributed by atoms with Crippen LogP contribution in [0.5, 0.6) is 0 Å². The number of carbonyl (C=O) groups excluding carboxylic acids is 1. The molecule has 6 nitrogen and oxygen atoms in total. The molecule has 4 rings (SSSR count). The molecule has 1 N–H and O–H groups in total. The highest BCUT2D eigenvalue weighted by Crippen LogP contribution is 2.41. The van der Waals surface area contributed by atoms with Crippen LogP contribution in [0.2, 0.25) is 0 Å². The highest BCUT2D eigenvalue weighted by atomic mass is 35.5. The van der Waals surface area contributed by atoms with Gasteiger partial charge in [0.15, 0.2) is 0 Å². The predicted octanol–water partition coefficient (Wildman–Crippen LogP) is 1.20. The molecule has 0 saturated carbocycles. The summed E-state index contributed by atoms with van der Waals surface area (Å²) in [5.74, 6) is -0.153. The average molecular weight is 368 g/mol. The average Bonchev–Trinajstić information content (AvgIpc) is 2.79. The Kier molecular flexibility index (Phi) is 4.42. The van der Waals surface area contributed by atoms with E-state index in [1.807, 2.05) is 18.2 Å². The number of hydrogen-bond donors (Lipinski definition) is 1. The maximum absolute atomic E-state index is 12.8. The second-order valence-electron chi connectivity index (χ2n) is 5.77. The van der Waals surface area contributed by atoms with Crippen LogP contribution in [0.4, 0.5) is 5.69 Å². The molecule has 8 heteroatoms. The molecule has 0 aliphatic carbocycles. The lowest BCUT2D eigenvalue weighted by Crippen LogP contribution is -2.50. The molecule has 0 bridgehead atoms. The van der Waals surface area contributed by atoms with Crippen LogP contribution in [0.25, 0.3) is 10.8 Å². The summed E-state index contributed by atoms with van der Waals surface area (Å²) in [4.78, 5) is 14.5. The number of benzene rings is 2. The zero-order valence-corrected chi connectivity index (χ0v) is 14.6. The number of amides is 1. The Bertz CT molecular complexity index is 889. The van der Waals surface area contributed by atoms with Crippen molar-refractivity contribution in [2.24, 2.45) is 0 Å². The van der Waals surface area contributed by atoms with Crippen molar-refractivity contribution in [3.63, 3.8) is 0 Å². The normalized spacial score (nSPS) is 18.5. The summed E-state index contributed by atoms with van der Waals surface area (Å²) in [6.07, 6.45) is 0. The number of piperazine rings is 1. The maximum atomic E-state index is 12.8. The Labute approximate surface area is 146 Å². The van der Waals surface area contributed by atoms with Crippen LogP contribution >= 0.6 is 12.4 Å². The minimum atomic E-state index is -3.66. The van der Waals surface area contributed by atoms with E-state index in [1.54, 1.807) is 23.1 Å². The van der Waals surface area contributed by atoms with Gasteiger partial charge in [-0.3, -0.25) is 9.10 Å². The van der Waals surface area contributed by atoms with Gasteiger partial charge in [-0.25, -0.2) is 8.42 Å². The fraction of sp³-hybridized carbons (Fsp3) is 0.312. The zero-order valence-electron chi connectivity index (χ0n) is 12.9. The van der Waals surface area contributed by atoms with Gasteiger partial charge < -0.3 is 10.2 Å². The first-order valence-corrected chi connectivity index (χ1v) is 9.06. The lowest BCUT2D eigenvalue weighted by molar-refractivity contribution is -0.130. The molecule has 2 aliphatic rings. The van der Waals surface area contributed by atoms with Crippen molar-refractivity contribution in [2.75, 3.05) is 37.0 Å². The lowest BCUT2D eigenvalue weighted by atomic mass is 10.1. The van der Waals surface area contributed by atoms with Crippen LogP contribution in [-0.2, 0) is 14.8 Å². The number of carbonyl (C=O) groups is 1. The van der Waals surface area contributed by atoms with Crippen LogP contribution in [0.1, 0.15) is 0 Å². The molecule has 0 aromatic heterocycles. The third kappa shape index (κ3) is 2.53. The van der Waals surface area contributed by atoms with E-state index in [9.17, 15) is 13.2 Å². The molecule has 2 aromatic carbocycles. The van der Waals surface area contributed by atoms with E-state index in [4.69, 9.17) is 0 Å². The van der Waals surface area contributed by atoms with Crippen LogP contribution in [0, 0.1) is 0 Å². The first kappa shape index (κ1) is 17.0. The van der Waals surface area contributed by atoms with Gasteiger partial charge in [-0.1, -0.05) is 24.3 Å². The van der Waals surface area contributed by atoms with E-state index < -0.39 is 10.0 Å². The van der Waals surface area contributed by atoms with Gasteiger partial charge in [0.1, 0.15) is 6.54 Å². The summed E-state index contributed by atoms with van der Waals surface area (Å²) in [7, 11) is -3.66. The summed E-state index contributed by atoms with van der Waals surface area (Å²) >= 11 is 0. The highest BCUT2D eigenvalue weighted by Gasteiger charge is 2.37. The molecule has 0 spiro atoms. The van der Waals surface area contributed by atoms with Crippen molar-refractivity contribution < 1.29 is 13.2 Å². The molecule has 0 radical (unpaired) electrons. The maximum Gasteiger partial charge on any atom is 0.265 e. The molecule has 2 aromatic rings. The van der Waals surface area contributed by atoms with E-state index in [-0.39, 0.29) is 24.9 Å². The molecule has 1 amide bonds. The summed E-state index contributed by atoms with van der Waals surface area (Å²) in [5, 5.41) is 4.77. The molecular formula is C16H18ClN3O3S. The van der Waals surface area contributed by atoms with Crippen molar-refractivity contribution in [3.05, 3.63) is 36.4 Å². The van der Waals surface area contributed by atoms with Gasteiger partial charge in [-0.15, -0.1) is 12.4 Å². The minimum Gasteiger partial charge on any atom is -0.339 e. The van der Waals surface area contributed by atoms with Crippen molar-refractivity contribution in [1.82, 2.24) is 10.2 Å². The molecule has 0 atom stereocenters. The van der Waals surface area contributed by atoms with Gasteiger partial charge in [0, 0.05) is 31.6 Å². The smallest absolute Gasteiger partial charge is 0.265 e. The first-order valence-electron chi connectivity index (χ1n) is 7.62. The molecule has 24 heavy (non-hydrogen) atoms. The number of anilines is 1. The van der Waals surface area contributed by atoms with Crippen molar-refractivity contribution in [1.29, 1.82) is 0 Å². The number of nitrogens with one attached hydrogen (secondary N) is 1. The number of rotatable bonds is 2. The van der Waals surface area contributed by atoms with Crippen molar-refractivity contribution in [3.8, 4) is 0 Å². The van der Waals surface area contributed by atoms with E-state index in [2.05, 4.69) is 5.32 Å². The summed E-state index contributed by atoms with van der Waals surface area (Å²) in [6.45, 7) is 2.58. The molecule has 1 saturated heterocycles. The van der Waals surface area contributed by atoms with Gasteiger partial charge >= 0.3 is 0 Å². The van der Waals surface area contributed by atoms with Gasteiger partial charge in [-0.2, -0.15) is 0 Å². The molecule has 2 aliphatic heterocycles. The second kappa shape index (κ2) is 6.23. The number of nitrogens with zero attached hydrogens (tertiary/aromatic N) is 2. The van der Waals surface area contributed by atoms with Crippen LogP contribution in [0.3, 0.4) is 0 Å². The van der Waals surface area contributed by atoms with Crippen LogP contribution < -0.4 is 9.62 Å². The fourth-order valence-electron chi connectivity index (χ4n) is 3.27. The summed E-state index contributed by atoms with van der Waals surface area (Å²) in [6, 6.07) is 10.7. The topological polar surface area (TPSA) is 69.7 Å². The van der Waals surface area contributed by atoms with Gasteiger partial charge in [-0.05, 0) is 17.5 Å². The molecule has 0 unspecified atom stereocenters. The number of halogens is 1. The standard InChI is InChI=1S/C16H17N3O3S.ClH/c20-15(18-9-7-17-8-10-18)11-19-13-5-1-3-12-4-2-6-14(16(12)13)23(19,21)22;/h1-6,17H,7-11H2;1H. The zero-order chi connectivity index (χ0) is 16.0. The Morgan fingerprint density at radius 2 is 1.75 bits per heavy atom. The SMILES string of the molecule is Cl.O=C(CN1c2cccc3cccc(c23)S1(=O)=O)N1CCNCC1. The van der Waals surface area contributed by atoms with E-state index in [0.29, 0.717) is 29.1 Å². The molecule has 1 fully saturated rings. The second-order valence-corrected chi connectivity index (χ2v) is 7.60. The quantitative estimate of drug-likeness (QED) is 0.866. The van der Waals surface area contributed by atoms with E-state index in [1.165, 1.54) is 4.31 Å². The predicted molar refractivity (Wildman–Crippen MR) is 95.2 cm³/mol. The van der Waals surface area contributed by atoms with Crippen molar-refractivity contribution in [2.45, 2.75) is 4.90 Å². The Morgan fingerprint density at radius 1 is 1.08 bits per heavy atom. The van der Waals surface area contributed by atoms with E-state index in [0.717, 1.165) is 18.5 Å². The number of hydrogen-bond acceptors (Lipinski definition) is 4. The van der Waals surface area contributed by atoms with Gasteiger partial charge in [0.2, 0.25) is 5.91 Å². The van der Waals surface area contributed by atoms with Crippen molar-refractivity contribution >= 4 is 44.8 Å². The fourth-order valence-corrected chi connectivity index (χ4v) is 4.93. The Hall–Kier alpha value is -1.83. The highest BCUT2D eigenvalue weighted by molar-refractivity contribution is 7.93. The molecular weight excluding hydrogens is 350 g/mol. The Balaban J connectivity index is 0.00000169. The molecule has 128 valence electrons. The number of sulfonamides is 1. The lowest BCUT2D eigenvalue weighted by Gasteiger charge is -2.29. The van der Waals surface area contributed by atoms with Crippen LogP contribution in [-0.4, -0.2) is 51.9 Å². The van der Waals surface area contributed by atoms with Gasteiger partial charge in [0.05, 0.1) is 10.6 Å². The Morgan fingerprint density at radius 3 is 2.46 bits per heavy atom. The summed E-state index contributed by atoms with van der Waals surface area (Å²) < 4.78 is 26.9. The first-order chi connectivity index (χ1) is 11.1. The van der Waals surface area contributed by atoms with E-state index >= 15 is 0 Å². The largest absolute Gasteiger partial charge is 0.339 e. The third-order valence-electron chi connectivity index (χ3n) is 4.43. The van der Waals surface area contributed by atoms with Gasteiger partial charge in [0.25, 0.3) is 10.0 Å². The third-order valence-corrected chi connectivity index (χ3v) is 6.23. The summed E-state index contributed by atoms with van der Waals surface area (Å²) in [5.41, 5.74) is 0.599. The minimum absolute atomic E-state index is 0. The van der Waals surface area contributed by atoms with Crippen LogP contribution in [0.15, 0.2) is 41.3 Å². The monoisotopic (exact) mass is 367 g/mol. The molecule has 2 heterocycles.